The van der Waals surface area contributed by atoms with Crippen LogP contribution in [0.15, 0.2) is 0 Å². The monoisotopic (exact) mass is 268 g/mol. The summed E-state index contributed by atoms with van der Waals surface area (Å²) in [5.41, 5.74) is 0. The van der Waals surface area contributed by atoms with Crippen molar-refractivity contribution in [1.29, 1.82) is 0 Å². The Labute approximate surface area is 114 Å². The number of aliphatic carboxylic acids is 1. The van der Waals surface area contributed by atoms with E-state index in [1.807, 2.05) is 0 Å². The molecule has 0 radical (unpaired) electrons. The third-order valence-corrected chi connectivity index (χ3v) is 4.34. The summed E-state index contributed by atoms with van der Waals surface area (Å²) in [4.78, 5) is 24.9. The van der Waals surface area contributed by atoms with Crippen LogP contribution >= 0.6 is 0 Å². The fourth-order valence-electron chi connectivity index (χ4n) is 3.17. The van der Waals surface area contributed by atoms with Crippen molar-refractivity contribution in [2.45, 2.75) is 51.0 Å². The van der Waals surface area contributed by atoms with E-state index in [4.69, 9.17) is 5.11 Å². The van der Waals surface area contributed by atoms with Gasteiger partial charge in [-0.05, 0) is 12.3 Å². The largest absolute Gasteiger partial charge is 0.480 e. The number of carboxylic acids is 1. The Balaban J connectivity index is 1.81. The number of carboxylic acid groups (broad SMARTS) is 1. The first-order valence-corrected chi connectivity index (χ1v) is 7.41. The van der Waals surface area contributed by atoms with Crippen LogP contribution in [-0.4, -0.2) is 47.6 Å². The molecule has 1 aliphatic heterocycles. The highest BCUT2D eigenvalue weighted by molar-refractivity contribution is 5.84. The fraction of sp³-hybridized carbons (Fsp3) is 0.857. The van der Waals surface area contributed by atoms with Gasteiger partial charge in [0.05, 0.1) is 0 Å². The van der Waals surface area contributed by atoms with Crippen LogP contribution in [0.4, 0.5) is 0 Å². The molecule has 2 N–H and O–H groups in total. The summed E-state index contributed by atoms with van der Waals surface area (Å²) in [5, 5.41) is 12.2. The molecule has 0 aromatic heterocycles. The smallest absolute Gasteiger partial charge is 0.327 e. The molecule has 2 fully saturated rings. The van der Waals surface area contributed by atoms with Crippen molar-refractivity contribution in [3.63, 3.8) is 0 Å². The summed E-state index contributed by atoms with van der Waals surface area (Å²) in [6.45, 7) is 1.57. The van der Waals surface area contributed by atoms with E-state index >= 15 is 0 Å². The minimum atomic E-state index is -0.904. The SMILES string of the molecule is O=C(O)C1CNCCN1C(=O)CCC1CCCCC1. The quantitative estimate of drug-likeness (QED) is 0.804. The molecule has 1 aliphatic carbocycles. The highest BCUT2D eigenvalue weighted by atomic mass is 16.4. The van der Waals surface area contributed by atoms with Gasteiger partial charge in [0.25, 0.3) is 0 Å². The van der Waals surface area contributed by atoms with Crippen LogP contribution in [0.3, 0.4) is 0 Å². The van der Waals surface area contributed by atoms with Gasteiger partial charge in [-0.15, -0.1) is 0 Å². The molecule has 1 saturated heterocycles. The van der Waals surface area contributed by atoms with Crippen molar-refractivity contribution >= 4 is 11.9 Å². The minimum absolute atomic E-state index is 0.0134. The Morgan fingerprint density at radius 2 is 1.95 bits per heavy atom. The first-order valence-electron chi connectivity index (χ1n) is 7.41. The second kappa shape index (κ2) is 6.89. The van der Waals surface area contributed by atoms with E-state index in [1.54, 1.807) is 4.90 Å². The number of carbonyl (C=O) groups excluding carboxylic acids is 1. The topological polar surface area (TPSA) is 69.6 Å². The van der Waals surface area contributed by atoms with Gasteiger partial charge in [-0.3, -0.25) is 4.79 Å². The Morgan fingerprint density at radius 3 is 2.63 bits per heavy atom. The van der Waals surface area contributed by atoms with Crippen molar-refractivity contribution in [1.82, 2.24) is 10.2 Å². The first kappa shape index (κ1) is 14.3. The lowest BCUT2D eigenvalue weighted by Gasteiger charge is -2.34. The number of hydrogen-bond donors (Lipinski definition) is 2. The first-order chi connectivity index (χ1) is 9.18. The summed E-state index contributed by atoms with van der Waals surface area (Å²) < 4.78 is 0. The summed E-state index contributed by atoms with van der Waals surface area (Å²) in [7, 11) is 0. The maximum Gasteiger partial charge on any atom is 0.327 e. The molecule has 5 nitrogen and oxygen atoms in total. The molecule has 1 atom stereocenters. The predicted octanol–water partition coefficient (Wildman–Crippen LogP) is 1.23. The van der Waals surface area contributed by atoms with Crippen LogP contribution in [0.5, 0.6) is 0 Å². The molecular weight excluding hydrogens is 244 g/mol. The van der Waals surface area contributed by atoms with Crippen molar-refractivity contribution in [3.05, 3.63) is 0 Å². The van der Waals surface area contributed by atoms with Gasteiger partial charge >= 0.3 is 5.97 Å². The van der Waals surface area contributed by atoms with E-state index in [-0.39, 0.29) is 5.91 Å². The summed E-state index contributed by atoms with van der Waals surface area (Å²) >= 11 is 0. The second-order valence-electron chi connectivity index (χ2n) is 5.69. The summed E-state index contributed by atoms with van der Waals surface area (Å²) in [6, 6.07) is -0.687. The lowest BCUT2D eigenvalue weighted by molar-refractivity contribution is -0.151. The molecule has 108 valence electrons. The highest BCUT2D eigenvalue weighted by Gasteiger charge is 2.31. The Bertz CT molecular complexity index is 327. The van der Waals surface area contributed by atoms with Crippen LogP contribution in [0.25, 0.3) is 0 Å². The molecule has 0 bridgehead atoms. The van der Waals surface area contributed by atoms with Gasteiger partial charge in [-0.25, -0.2) is 4.79 Å². The van der Waals surface area contributed by atoms with E-state index in [0.29, 0.717) is 32.0 Å². The number of piperazine rings is 1. The minimum Gasteiger partial charge on any atom is -0.480 e. The molecule has 2 rings (SSSR count). The van der Waals surface area contributed by atoms with Crippen molar-refractivity contribution < 1.29 is 14.7 Å². The molecule has 1 saturated carbocycles. The Morgan fingerprint density at radius 1 is 1.21 bits per heavy atom. The Kier molecular flexibility index (Phi) is 5.19. The molecule has 1 amide bonds. The van der Waals surface area contributed by atoms with E-state index < -0.39 is 12.0 Å². The standard InChI is InChI=1S/C14H24N2O3/c17-13(7-6-11-4-2-1-3-5-11)16-9-8-15-10-12(16)14(18)19/h11-12,15H,1-10H2,(H,18,19). The number of nitrogens with zero attached hydrogens (tertiary/aromatic N) is 1. The third-order valence-electron chi connectivity index (χ3n) is 4.34. The van der Waals surface area contributed by atoms with Gasteiger partial charge in [0, 0.05) is 26.1 Å². The molecule has 1 unspecified atom stereocenters. The number of rotatable bonds is 4. The highest BCUT2D eigenvalue weighted by Crippen LogP contribution is 2.27. The lowest BCUT2D eigenvalue weighted by atomic mass is 9.86. The molecule has 5 heteroatoms. The number of nitrogens with one attached hydrogen (secondary N) is 1. The normalized spacial score (nSPS) is 25.3. The fourth-order valence-corrected chi connectivity index (χ4v) is 3.17. The molecule has 19 heavy (non-hydrogen) atoms. The van der Waals surface area contributed by atoms with Crippen LogP contribution in [0, 0.1) is 5.92 Å². The summed E-state index contributed by atoms with van der Waals surface area (Å²) in [6.07, 6.45) is 7.79. The number of carbonyl (C=O) groups is 2. The molecule has 1 heterocycles. The van der Waals surface area contributed by atoms with Crippen LogP contribution in [0.2, 0.25) is 0 Å². The van der Waals surface area contributed by atoms with Crippen LogP contribution < -0.4 is 5.32 Å². The molecule has 0 spiro atoms. The predicted molar refractivity (Wildman–Crippen MR) is 71.8 cm³/mol. The van der Waals surface area contributed by atoms with E-state index in [9.17, 15) is 9.59 Å². The van der Waals surface area contributed by atoms with Gasteiger partial charge in [-0.2, -0.15) is 0 Å². The zero-order chi connectivity index (χ0) is 13.7. The van der Waals surface area contributed by atoms with Crippen molar-refractivity contribution in [2.24, 2.45) is 5.92 Å². The van der Waals surface area contributed by atoms with Gasteiger partial charge < -0.3 is 15.3 Å². The second-order valence-corrected chi connectivity index (χ2v) is 5.69. The maximum atomic E-state index is 12.2. The third kappa shape index (κ3) is 3.93. The van der Waals surface area contributed by atoms with Gasteiger partial charge in [0.1, 0.15) is 6.04 Å². The average molecular weight is 268 g/mol. The van der Waals surface area contributed by atoms with E-state index in [1.165, 1.54) is 32.1 Å². The average Bonchev–Trinajstić information content (AvgIpc) is 2.46. The molecule has 0 aromatic carbocycles. The Hall–Kier alpha value is -1.10. The van der Waals surface area contributed by atoms with Crippen molar-refractivity contribution in [2.75, 3.05) is 19.6 Å². The maximum absolute atomic E-state index is 12.2. The molecular formula is C14H24N2O3. The van der Waals surface area contributed by atoms with E-state index in [2.05, 4.69) is 5.32 Å². The number of hydrogen-bond acceptors (Lipinski definition) is 3. The van der Waals surface area contributed by atoms with Crippen molar-refractivity contribution in [3.8, 4) is 0 Å². The lowest BCUT2D eigenvalue weighted by Crippen LogP contribution is -2.57. The van der Waals surface area contributed by atoms with Crippen LogP contribution in [-0.2, 0) is 9.59 Å². The van der Waals surface area contributed by atoms with Gasteiger partial charge in [-0.1, -0.05) is 32.1 Å². The zero-order valence-corrected chi connectivity index (χ0v) is 11.4. The molecule has 0 aromatic rings. The summed E-state index contributed by atoms with van der Waals surface area (Å²) in [5.74, 6) is -0.221. The van der Waals surface area contributed by atoms with Gasteiger partial charge in [0.15, 0.2) is 0 Å². The zero-order valence-electron chi connectivity index (χ0n) is 11.4. The van der Waals surface area contributed by atoms with E-state index in [0.717, 1.165) is 6.42 Å². The number of amides is 1. The van der Waals surface area contributed by atoms with Gasteiger partial charge in [0.2, 0.25) is 5.91 Å². The van der Waals surface area contributed by atoms with Crippen LogP contribution in [0.1, 0.15) is 44.9 Å². The molecule has 2 aliphatic rings.